The standard InChI is InChI=1S/C23H34N4O7S/c1-3-13(2)19(22(32)25-16(23(33)34)9-10-18(28)29)27-21(31)17(26-20(30)15(24)12-35)11-14-7-5-4-6-8-14/h4-8,13,15-17,19,35H,3,9-12,24H2,1-2H3,(H,25,32)(H,26,30)(H,27,31)(H,28,29)(H,33,34). The number of nitrogens with two attached hydrogens (primary N) is 1. The Labute approximate surface area is 209 Å². The largest absolute Gasteiger partial charge is 0.481 e. The van der Waals surface area contributed by atoms with Crippen molar-refractivity contribution in [1.82, 2.24) is 16.0 Å². The highest BCUT2D eigenvalue weighted by atomic mass is 32.1. The minimum absolute atomic E-state index is 0.0658. The first-order valence-electron chi connectivity index (χ1n) is 11.3. The second-order valence-corrected chi connectivity index (χ2v) is 8.61. The number of carbonyl (C=O) groups is 5. The molecule has 0 aromatic heterocycles. The average Bonchev–Trinajstić information content (AvgIpc) is 2.83. The number of hydrogen-bond donors (Lipinski definition) is 7. The van der Waals surface area contributed by atoms with Gasteiger partial charge in [-0.25, -0.2) is 4.79 Å². The van der Waals surface area contributed by atoms with Crippen molar-refractivity contribution in [2.75, 3.05) is 5.75 Å². The fourth-order valence-electron chi connectivity index (χ4n) is 3.16. The van der Waals surface area contributed by atoms with E-state index < -0.39 is 60.2 Å². The molecule has 0 aliphatic carbocycles. The molecule has 3 amide bonds. The monoisotopic (exact) mass is 510 g/mol. The van der Waals surface area contributed by atoms with E-state index in [2.05, 4.69) is 28.6 Å². The average molecular weight is 511 g/mol. The predicted octanol–water partition coefficient (Wildman–Crippen LogP) is -0.0639. The third-order valence-corrected chi connectivity index (χ3v) is 5.90. The van der Waals surface area contributed by atoms with E-state index in [-0.39, 0.29) is 24.5 Å². The molecule has 1 rings (SSSR count). The maximum atomic E-state index is 13.2. The number of thiol groups is 1. The van der Waals surface area contributed by atoms with Gasteiger partial charge in [-0.2, -0.15) is 12.6 Å². The van der Waals surface area contributed by atoms with Crippen LogP contribution in [0, 0.1) is 5.92 Å². The summed E-state index contributed by atoms with van der Waals surface area (Å²) in [5.41, 5.74) is 6.49. The number of amides is 3. The van der Waals surface area contributed by atoms with Gasteiger partial charge in [-0.05, 0) is 17.9 Å². The zero-order valence-corrected chi connectivity index (χ0v) is 20.7. The molecule has 0 radical (unpaired) electrons. The van der Waals surface area contributed by atoms with Crippen molar-refractivity contribution in [3.63, 3.8) is 0 Å². The van der Waals surface area contributed by atoms with Crippen LogP contribution in [0.1, 0.15) is 38.7 Å². The van der Waals surface area contributed by atoms with Crippen LogP contribution in [0.25, 0.3) is 0 Å². The van der Waals surface area contributed by atoms with E-state index >= 15 is 0 Å². The summed E-state index contributed by atoms with van der Waals surface area (Å²) in [6.45, 7) is 3.50. The Kier molecular flexibility index (Phi) is 12.8. The van der Waals surface area contributed by atoms with E-state index in [4.69, 9.17) is 10.8 Å². The molecule has 0 bridgehead atoms. The van der Waals surface area contributed by atoms with Gasteiger partial charge in [-0.1, -0.05) is 50.6 Å². The van der Waals surface area contributed by atoms with Crippen molar-refractivity contribution in [3.8, 4) is 0 Å². The van der Waals surface area contributed by atoms with E-state index in [0.29, 0.717) is 6.42 Å². The number of hydrogen-bond acceptors (Lipinski definition) is 7. The number of carboxylic acid groups (broad SMARTS) is 2. The molecule has 11 nitrogen and oxygen atoms in total. The molecule has 5 atom stereocenters. The number of aliphatic carboxylic acids is 2. The minimum atomic E-state index is -1.43. The Balaban J connectivity index is 3.09. The van der Waals surface area contributed by atoms with Crippen LogP contribution < -0.4 is 21.7 Å². The SMILES string of the molecule is CCC(C)C(NC(=O)C(Cc1ccccc1)NC(=O)C(N)CS)C(=O)NC(CCC(=O)O)C(=O)O. The van der Waals surface area contributed by atoms with Crippen LogP contribution in [-0.2, 0) is 30.4 Å². The van der Waals surface area contributed by atoms with E-state index in [1.807, 2.05) is 0 Å². The molecule has 12 heteroatoms. The van der Waals surface area contributed by atoms with Gasteiger partial charge in [0.15, 0.2) is 0 Å². The van der Waals surface area contributed by atoms with Gasteiger partial charge in [-0.3, -0.25) is 19.2 Å². The highest BCUT2D eigenvalue weighted by Gasteiger charge is 2.32. The van der Waals surface area contributed by atoms with Gasteiger partial charge in [-0.15, -0.1) is 0 Å². The first-order valence-corrected chi connectivity index (χ1v) is 11.9. The van der Waals surface area contributed by atoms with Gasteiger partial charge >= 0.3 is 11.9 Å². The summed E-state index contributed by atoms with van der Waals surface area (Å²) in [6, 6.07) is 4.38. The van der Waals surface area contributed by atoms with E-state index in [1.54, 1.807) is 44.2 Å². The zero-order chi connectivity index (χ0) is 26.5. The molecule has 0 saturated carbocycles. The lowest BCUT2D eigenvalue weighted by Crippen LogP contribution is -2.59. The second kappa shape index (κ2) is 15.0. The van der Waals surface area contributed by atoms with E-state index in [1.165, 1.54) is 0 Å². The summed E-state index contributed by atoms with van der Waals surface area (Å²) in [5, 5.41) is 25.7. The maximum Gasteiger partial charge on any atom is 0.326 e. The highest BCUT2D eigenvalue weighted by molar-refractivity contribution is 7.80. The number of carboxylic acids is 2. The van der Waals surface area contributed by atoms with Gasteiger partial charge in [0.1, 0.15) is 18.1 Å². The van der Waals surface area contributed by atoms with E-state index in [9.17, 15) is 29.1 Å². The van der Waals surface area contributed by atoms with Crippen molar-refractivity contribution < 1.29 is 34.2 Å². The van der Waals surface area contributed by atoms with Crippen molar-refractivity contribution in [3.05, 3.63) is 35.9 Å². The van der Waals surface area contributed by atoms with Gasteiger partial charge in [0.05, 0.1) is 6.04 Å². The van der Waals surface area contributed by atoms with Crippen LogP contribution in [0.2, 0.25) is 0 Å². The van der Waals surface area contributed by atoms with Crippen LogP contribution in [0.4, 0.5) is 0 Å². The summed E-state index contributed by atoms with van der Waals surface area (Å²) in [6.07, 6.45) is -0.158. The van der Waals surface area contributed by atoms with E-state index in [0.717, 1.165) is 5.56 Å². The molecule has 1 aromatic rings. The first kappa shape index (κ1) is 29.9. The number of benzene rings is 1. The molecule has 194 valence electrons. The molecule has 35 heavy (non-hydrogen) atoms. The molecule has 0 aliphatic heterocycles. The summed E-state index contributed by atoms with van der Waals surface area (Å²) in [4.78, 5) is 60.8. The summed E-state index contributed by atoms with van der Waals surface area (Å²) < 4.78 is 0. The fourth-order valence-corrected chi connectivity index (χ4v) is 3.33. The molecule has 1 aromatic carbocycles. The van der Waals surface area contributed by atoms with Crippen molar-refractivity contribution in [2.45, 2.75) is 63.7 Å². The summed E-state index contributed by atoms with van der Waals surface area (Å²) in [5.74, 6) is -4.90. The molecule has 0 saturated heterocycles. The molecular formula is C23H34N4O7S. The second-order valence-electron chi connectivity index (χ2n) is 8.24. The molecule has 0 spiro atoms. The molecule has 0 fully saturated rings. The number of carbonyl (C=O) groups excluding carboxylic acids is 3. The van der Waals surface area contributed by atoms with Gasteiger partial charge in [0.2, 0.25) is 17.7 Å². The summed E-state index contributed by atoms with van der Waals surface area (Å²) in [7, 11) is 0. The molecule has 0 aliphatic rings. The van der Waals surface area contributed by atoms with Crippen LogP contribution in [0.3, 0.4) is 0 Å². The third kappa shape index (κ3) is 10.4. The predicted molar refractivity (Wildman–Crippen MR) is 132 cm³/mol. The van der Waals surface area contributed by atoms with Crippen molar-refractivity contribution in [2.24, 2.45) is 11.7 Å². The Morgan fingerprint density at radius 2 is 1.54 bits per heavy atom. The van der Waals surface area contributed by atoms with Crippen LogP contribution in [-0.4, -0.2) is 69.8 Å². The zero-order valence-electron chi connectivity index (χ0n) is 19.8. The van der Waals surface area contributed by atoms with Gasteiger partial charge in [0.25, 0.3) is 0 Å². The highest BCUT2D eigenvalue weighted by Crippen LogP contribution is 2.11. The first-order chi connectivity index (χ1) is 16.5. The topological polar surface area (TPSA) is 188 Å². The van der Waals surface area contributed by atoms with Crippen LogP contribution in [0.5, 0.6) is 0 Å². The summed E-state index contributed by atoms with van der Waals surface area (Å²) >= 11 is 4.00. The smallest absolute Gasteiger partial charge is 0.326 e. The van der Waals surface area contributed by atoms with Crippen LogP contribution >= 0.6 is 12.6 Å². The molecular weight excluding hydrogens is 476 g/mol. The number of rotatable bonds is 15. The Morgan fingerprint density at radius 1 is 0.943 bits per heavy atom. The fraction of sp³-hybridized carbons (Fsp3) is 0.522. The minimum Gasteiger partial charge on any atom is -0.481 e. The Morgan fingerprint density at radius 3 is 2.06 bits per heavy atom. The van der Waals surface area contributed by atoms with Crippen molar-refractivity contribution >= 4 is 42.3 Å². The number of nitrogens with one attached hydrogen (secondary N) is 3. The quantitative estimate of drug-likeness (QED) is 0.160. The lowest BCUT2D eigenvalue weighted by Gasteiger charge is -2.28. The van der Waals surface area contributed by atoms with Gasteiger partial charge in [0, 0.05) is 18.6 Å². The van der Waals surface area contributed by atoms with Gasteiger partial charge < -0.3 is 31.9 Å². The lowest BCUT2D eigenvalue weighted by molar-refractivity contribution is -0.143. The Hall–Kier alpha value is -3.12. The lowest BCUT2D eigenvalue weighted by atomic mass is 9.96. The Bertz CT molecular complexity index is 884. The third-order valence-electron chi connectivity index (χ3n) is 5.50. The van der Waals surface area contributed by atoms with Crippen LogP contribution in [0.15, 0.2) is 30.3 Å². The van der Waals surface area contributed by atoms with Crippen molar-refractivity contribution in [1.29, 1.82) is 0 Å². The molecule has 5 unspecified atom stereocenters. The maximum absolute atomic E-state index is 13.2. The normalized spacial score (nSPS) is 15.1. The molecule has 0 heterocycles. The molecule has 7 N–H and O–H groups in total.